The van der Waals surface area contributed by atoms with E-state index in [9.17, 15) is 15.3 Å². The number of hydrogen-bond acceptors (Lipinski definition) is 5. The Labute approximate surface area is 214 Å². The van der Waals surface area contributed by atoms with Crippen LogP contribution in [0, 0.1) is 0 Å². The second-order valence-electron chi connectivity index (χ2n) is 9.29. The molecule has 0 bridgehead atoms. The molecule has 0 heterocycles. The molecule has 5 heteroatoms. The normalized spacial score (nSPS) is 17.6. The summed E-state index contributed by atoms with van der Waals surface area (Å²) in [5, 5.41) is 29.2. The first-order valence-corrected chi connectivity index (χ1v) is 13.3. The predicted molar refractivity (Wildman–Crippen MR) is 151 cm³/mol. The van der Waals surface area contributed by atoms with Crippen LogP contribution in [-0.4, -0.2) is 45.7 Å². The van der Waals surface area contributed by atoms with Crippen LogP contribution < -0.4 is 11.5 Å². The van der Waals surface area contributed by atoms with E-state index in [-0.39, 0.29) is 18.2 Å². The Balaban J connectivity index is 3.66. The molecule has 35 heavy (non-hydrogen) atoms. The Morgan fingerprint density at radius 3 is 1.74 bits per heavy atom. The molecule has 0 saturated heterocycles. The zero-order valence-electron chi connectivity index (χ0n) is 22.1. The zero-order valence-corrected chi connectivity index (χ0v) is 22.1. The Bertz CT molecular complexity index is 648. The van der Waals surface area contributed by atoms with E-state index in [1.54, 1.807) is 13.0 Å². The summed E-state index contributed by atoms with van der Waals surface area (Å²) in [6.07, 6.45) is 33.5. The van der Waals surface area contributed by atoms with Crippen LogP contribution >= 0.6 is 0 Å². The summed E-state index contributed by atoms with van der Waals surface area (Å²) in [5.41, 5.74) is 11.3. The fourth-order valence-corrected chi connectivity index (χ4v) is 3.18. The fourth-order valence-electron chi connectivity index (χ4n) is 3.18. The summed E-state index contributed by atoms with van der Waals surface area (Å²) in [5.74, 6) is 0. The SMILES string of the molecule is C[C@H](N)C(O)CC=CCC(O)C=CC=CCC=CCC=CCC=CCCCCCCC(O)[C@H](C)N. The molecule has 0 radical (unpaired) electrons. The molecule has 0 saturated carbocycles. The zero-order chi connectivity index (χ0) is 26.2. The molecule has 0 aliphatic heterocycles. The van der Waals surface area contributed by atoms with Crippen LogP contribution in [0.4, 0.5) is 0 Å². The van der Waals surface area contributed by atoms with Gasteiger partial charge in [-0.25, -0.2) is 0 Å². The van der Waals surface area contributed by atoms with Gasteiger partial charge in [0, 0.05) is 12.1 Å². The van der Waals surface area contributed by atoms with E-state index in [1.807, 2.05) is 31.2 Å². The molecular weight excluding hydrogens is 436 g/mol. The van der Waals surface area contributed by atoms with Crippen molar-refractivity contribution in [3.8, 4) is 0 Å². The molecule has 0 aromatic carbocycles. The van der Waals surface area contributed by atoms with E-state index in [1.165, 1.54) is 12.8 Å². The molecule has 3 unspecified atom stereocenters. The summed E-state index contributed by atoms with van der Waals surface area (Å²) in [7, 11) is 0. The monoisotopic (exact) mass is 488 g/mol. The predicted octanol–water partition coefficient (Wildman–Crippen LogP) is 5.39. The molecule has 0 fully saturated rings. The van der Waals surface area contributed by atoms with Crippen LogP contribution in [0.2, 0.25) is 0 Å². The number of aliphatic hydroxyl groups excluding tert-OH is 3. The lowest BCUT2D eigenvalue weighted by molar-refractivity contribution is 0.138. The van der Waals surface area contributed by atoms with Crippen molar-refractivity contribution in [2.24, 2.45) is 11.5 Å². The van der Waals surface area contributed by atoms with Crippen molar-refractivity contribution in [1.82, 2.24) is 0 Å². The highest BCUT2D eigenvalue weighted by atomic mass is 16.3. The minimum Gasteiger partial charge on any atom is -0.392 e. The van der Waals surface area contributed by atoms with Crippen molar-refractivity contribution in [3.05, 3.63) is 72.9 Å². The van der Waals surface area contributed by atoms with Crippen molar-refractivity contribution < 1.29 is 15.3 Å². The molecule has 0 rings (SSSR count). The van der Waals surface area contributed by atoms with Crippen LogP contribution in [0.3, 0.4) is 0 Å². The minimum absolute atomic E-state index is 0.125. The van der Waals surface area contributed by atoms with E-state index in [4.69, 9.17) is 11.5 Å². The van der Waals surface area contributed by atoms with Crippen molar-refractivity contribution in [2.45, 2.75) is 115 Å². The quantitative estimate of drug-likeness (QED) is 0.0844. The molecule has 7 N–H and O–H groups in total. The lowest BCUT2D eigenvalue weighted by Gasteiger charge is -2.13. The first kappa shape index (κ1) is 33.2. The molecule has 0 aromatic heterocycles. The highest BCUT2D eigenvalue weighted by Gasteiger charge is 2.08. The first-order chi connectivity index (χ1) is 16.8. The molecule has 5 nitrogen and oxygen atoms in total. The van der Waals surface area contributed by atoms with Crippen molar-refractivity contribution in [1.29, 1.82) is 0 Å². The third kappa shape index (κ3) is 23.7. The molecule has 0 amide bonds. The molecule has 0 aromatic rings. The van der Waals surface area contributed by atoms with Crippen molar-refractivity contribution >= 4 is 0 Å². The topological polar surface area (TPSA) is 113 Å². The van der Waals surface area contributed by atoms with Gasteiger partial charge in [-0.05, 0) is 65.2 Å². The van der Waals surface area contributed by atoms with Gasteiger partial charge in [-0.2, -0.15) is 0 Å². The van der Waals surface area contributed by atoms with Crippen LogP contribution in [0.1, 0.15) is 84.5 Å². The number of hydrogen-bond donors (Lipinski definition) is 5. The van der Waals surface area contributed by atoms with Gasteiger partial charge in [-0.1, -0.05) is 92.2 Å². The van der Waals surface area contributed by atoms with Gasteiger partial charge in [-0.15, -0.1) is 0 Å². The Hall–Kier alpha value is -1.76. The van der Waals surface area contributed by atoms with Gasteiger partial charge in [0.1, 0.15) is 0 Å². The Kier molecular flexibility index (Phi) is 22.8. The van der Waals surface area contributed by atoms with Gasteiger partial charge >= 0.3 is 0 Å². The van der Waals surface area contributed by atoms with E-state index in [2.05, 4.69) is 42.5 Å². The van der Waals surface area contributed by atoms with Crippen molar-refractivity contribution in [2.75, 3.05) is 0 Å². The number of nitrogens with two attached hydrogens (primary N) is 2. The van der Waals surface area contributed by atoms with Crippen LogP contribution in [0.25, 0.3) is 0 Å². The summed E-state index contributed by atoms with van der Waals surface area (Å²) in [4.78, 5) is 0. The lowest BCUT2D eigenvalue weighted by Crippen LogP contribution is -2.31. The Morgan fingerprint density at radius 1 is 0.571 bits per heavy atom. The maximum atomic E-state index is 9.89. The smallest absolute Gasteiger partial charge is 0.0758 e. The molecule has 5 atom stereocenters. The molecule has 0 spiro atoms. The van der Waals surface area contributed by atoms with Crippen molar-refractivity contribution in [3.63, 3.8) is 0 Å². The summed E-state index contributed by atoms with van der Waals surface area (Å²) in [6, 6.07) is -0.369. The molecule has 0 aliphatic rings. The van der Waals surface area contributed by atoms with Gasteiger partial charge < -0.3 is 26.8 Å². The second kappa shape index (κ2) is 24.0. The van der Waals surface area contributed by atoms with Gasteiger partial charge in [0.05, 0.1) is 18.3 Å². The van der Waals surface area contributed by atoms with Gasteiger partial charge in [0.2, 0.25) is 0 Å². The van der Waals surface area contributed by atoms with E-state index in [0.29, 0.717) is 12.8 Å². The van der Waals surface area contributed by atoms with Crippen LogP contribution in [-0.2, 0) is 0 Å². The lowest BCUT2D eigenvalue weighted by atomic mass is 10.0. The van der Waals surface area contributed by atoms with Gasteiger partial charge in [0.15, 0.2) is 0 Å². The van der Waals surface area contributed by atoms with Gasteiger partial charge in [-0.3, -0.25) is 0 Å². The average Bonchev–Trinajstić information content (AvgIpc) is 2.82. The van der Waals surface area contributed by atoms with E-state index < -0.39 is 12.2 Å². The minimum atomic E-state index is -0.535. The molecule has 200 valence electrons. The third-order valence-corrected chi connectivity index (χ3v) is 5.65. The third-order valence-electron chi connectivity index (χ3n) is 5.65. The largest absolute Gasteiger partial charge is 0.392 e. The van der Waals surface area contributed by atoms with E-state index in [0.717, 1.165) is 44.9 Å². The fraction of sp³-hybridized carbons (Fsp3) is 0.600. The summed E-state index contributed by atoms with van der Waals surface area (Å²) < 4.78 is 0. The van der Waals surface area contributed by atoms with Crippen LogP contribution in [0.15, 0.2) is 72.9 Å². The first-order valence-electron chi connectivity index (χ1n) is 13.3. The molecular formula is C30H52N2O3. The van der Waals surface area contributed by atoms with Gasteiger partial charge in [0.25, 0.3) is 0 Å². The van der Waals surface area contributed by atoms with E-state index >= 15 is 0 Å². The summed E-state index contributed by atoms with van der Waals surface area (Å²) in [6.45, 7) is 3.63. The molecule has 0 aliphatic carbocycles. The number of rotatable bonds is 21. The highest BCUT2D eigenvalue weighted by Crippen LogP contribution is 2.09. The maximum absolute atomic E-state index is 9.89. The Morgan fingerprint density at radius 2 is 1.11 bits per heavy atom. The summed E-state index contributed by atoms with van der Waals surface area (Å²) >= 11 is 0. The number of aliphatic hydroxyl groups is 3. The average molecular weight is 489 g/mol. The maximum Gasteiger partial charge on any atom is 0.0758 e. The number of unbranched alkanes of at least 4 members (excludes halogenated alkanes) is 4. The van der Waals surface area contributed by atoms with Crippen LogP contribution in [0.5, 0.6) is 0 Å². The standard InChI is InChI=1S/C30H52N2O3/c1-26(31)29(34)24-19-17-15-13-11-9-7-5-3-4-6-8-10-12-14-16-18-22-28(33)23-20-21-25-30(35)27(2)32/h3-4,7-10,14,16,18,20-22,26-30,33-35H,5-6,11-13,15,17,19,23-25,31-32H2,1-2H3/t26-,27-,28?,29?,30?/m0/s1. The number of allylic oxidation sites excluding steroid dienone is 9. The highest BCUT2D eigenvalue weighted by molar-refractivity contribution is 5.08. The second-order valence-corrected chi connectivity index (χ2v) is 9.29.